The summed E-state index contributed by atoms with van der Waals surface area (Å²) in [5.41, 5.74) is 2.12. The average molecular weight is 395 g/mol. The van der Waals surface area contributed by atoms with Crippen molar-refractivity contribution in [1.82, 2.24) is 19.4 Å². The number of rotatable bonds is 5. The molecule has 0 bridgehead atoms. The summed E-state index contributed by atoms with van der Waals surface area (Å²) >= 11 is 0. The van der Waals surface area contributed by atoms with Gasteiger partial charge in [-0.15, -0.1) is 6.58 Å². The Labute approximate surface area is 171 Å². The lowest BCUT2D eigenvalue weighted by Gasteiger charge is -2.28. The Balaban J connectivity index is 1.92. The molecule has 1 N–H and O–H groups in total. The van der Waals surface area contributed by atoms with Gasteiger partial charge in [-0.2, -0.15) is 0 Å². The molecule has 1 aromatic heterocycles. The van der Waals surface area contributed by atoms with E-state index in [1.165, 1.54) is 6.42 Å². The summed E-state index contributed by atoms with van der Waals surface area (Å²) in [7, 11) is 0. The number of allylic oxidation sites excluding steroid dienone is 1. The Kier molecular flexibility index (Phi) is 6.00. The van der Waals surface area contributed by atoms with Crippen molar-refractivity contribution in [3.05, 3.63) is 59.2 Å². The third-order valence-corrected chi connectivity index (χ3v) is 6.08. The fraction of sp³-hybridized carbons (Fsp3) is 0.478. The lowest BCUT2D eigenvalue weighted by Crippen LogP contribution is -2.47. The van der Waals surface area contributed by atoms with E-state index in [0.29, 0.717) is 25.3 Å². The topological polar surface area (TPSA) is 59.3 Å². The molecule has 2 aromatic rings. The van der Waals surface area contributed by atoms with E-state index in [9.17, 15) is 9.59 Å². The number of aromatic nitrogens is 2. The van der Waals surface area contributed by atoms with Crippen molar-refractivity contribution < 1.29 is 4.79 Å². The van der Waals surface area contributed by atoms with Crippen molar-refractivity contribution in [3.8, 4) is 11.3 Å². The molecule has 0 unspecified atom stereocenters. The van der Waals surface area contributed by atoms with Crippen molar-refractivity contribution in [1.29, 1.82) is 0 Å². The summed E-state index contributed by atoms with van der Waals surface area (Å²) < 4.78 is 3.54. The maximum Gasteiger partial charge on any atom is 0.329 e. The largest absolute Gasteiger partial charge is 0.335 e. The first-order valence-electron chi connectivity index (χ1n) is 10.7. The summed E-state index contributed by atoms with van der Waals surface area (Å²) in [6.45, 7) is 7.04. The number of hydrogen-bond donors (Lipinski definition) is 1. The molecule has 2 heterocycles. The van der Waals surface area contributed by atoms with E-state index < -0.39 is 0 Å². The van der Waals surface area contributed by atoms with Crippen LogP contribution in [0.4, 0.5) is 0 Å². The van der Waals surface area contributed by atoms with Gasteiger partial charge >= 0.3 is 5.69 Å². The molecule has 1 aliphatic carbocycles. The number of hydrogen-bond acceptors (Lipinski definition) is 3. The number of piperazine rings is 1. The minimum Gasteiger partial charge on any atom is -0.335 e. The lowest BCUT2D eigenvalue weighted by molar-refractivity contribution is 0.0726. The fourth-order valence-corrected chi connectivity index (χ4v) is 4.65. The Morgan fingerprint density at radius 2 is 1.79 bits per heavy atom. The summed E-state index contributed by atoms with van der Waals surface area (Å²) in [6.07, 6.45) is 7.14. The highest BCUT2D eigenvalue weighted by atomic mass is 16.2. The van der Waals surface area contributed by atoms with Crippen LogP contribution >= 0.6 is 0 Å². The maximum absolute atomic E-state index is 13.6. The zero-order chi connectivity index (χ0) is 20.2. The van der Waals surface area contributed by atoms with Crippen LogP contribution in [-0.2, 0) is 6.54 Å². The molecule has 4 rings (SSSR count). The van der Waals surface area contributed by atoms with E-state index in [1.807, 2.05) is 39.8 Å². The zero-order valence-corrected chi connectivity index (χ0v) is 17.0. The van der Waals surface area contributed by atoms with Crippen molar-refractivity contribution in [2.75, 3.05) is 26.2 Å². The summed E-state index contributed by atoms with van der Waals surface area (Å²) in [4.78, 5) is 29.0. The molecule has 0 radical (unpaired) electrons. The van der Waals surface area contributed by atoms with Crippen molar-refractivity contribution >= 4 is 5.91 Å². The van der Waals surface area contributed by atoms with Gasteiger partial charge in [-0.25, -0.2) is 4.79 Å². The van der Waals surface area contributed by atoms with Crippen LogP contribution in [0.15, 0.2) is 47.8 Å². The van der Waals surface area contributed by atoms with Gasteiger partial charge in [-0.05, 0) is 12.8 Å². The first-order chi connectivity index (χ1) is 14.2. The van der Waals surface area contributed by atoms with E-state index in [2.05, 4.69) is 11.9 Å². The second-order valence-electron chi connectivity index (χ2n) is 7.95. The van der Waals surface area contributed by atoms with Crippen LogP contribution in [0.5, 0.6) is 0 Å². The van der Waals surface area contributed by atoms with Gasteiger partial charge < -0.3 is 10.2 Å². The molecular formula is C23H30N4O2. The first-order valence-corrected chi connectivity index (χ1v) is 10.7. The Morgan fingerprint density at radius 3 is 2.45 bits per heavy atom. The summed E-state index contributed by atoms with van der Waals surface area (Å²) in [6, 6.07) is 10.0. The predicted molar refractivity (Wildman–Crippen MR) is 115 cm³/mol. The van der Waals surface area contributed by atoms with Crippen LogP contribution in [0.1, 0.15) is 48.6 Å². The average Bonchev–Trinajstić information content (AvgIpc) is 3.07. The first kappa shape index (κ1) is 19.7. The number of amides is 1. The summed E-state index contributed by atoms with van der Waals surface area (Å²) in [5.74, 6) is -0.0566. The van der Waals surface area contributed by atoms with Crippen molar-refractivity contribution in [2.45, 2.75) is 44.7 Å². The normalized spacial score (nSPS) is 18.0. The SMILES string of the molecule is C=CCn1c(C(=O)N2CCNCC2)c(-c2ccccc2)n(C2CCCCC2)c1=O. The van der Waals surface area contributed by atoms with E-state index in [-0.39, 0.29) is 17.6 Å². The van der Waals surface area contributed by atoms with Crippen LogP contribution in [0.25, 0.3) is 11.3 Å². The van der Waals surface area contributed by atoms with Crippen LogP contribution < -0.4 is 11.0 Å². The molecule has 154 valence electrons. The van der Waals surface area contributed by atoms with E-state index in [1.54, 1.807) is 10.6 Å². The number of nitrogens with zero attached hydrogens (tertiary/aromatic N) is 3. The van der Waals surface area contributed by atoms with E-state index >= 15 is 0 Å². The van der Waals surface area contributed by atoms with Gasteiger partial charge in [-0.1, -0.05) is 55.7 Å². The van der Waals surface area contributed by atoms with Crippen LogP contribution in [0, 0.1) is 0 Å². The van der Waals surface area contributed by atoms with Gasteiger partial charge in [0.05, 0.1) is 5.69 Å². The molecule has 1 aromatic carbocycles. The van der Waals surface area contributed by atoms with Gasteiger partial charge in [0.2, 0.25) is 0 Å². The number of benzene rings is 1. The monoisotopic (exact) mass is 394 g/mol. The van der Waals surface area contributed by atoms with Gasteiger partial charge in [0, 0.05) is 44.3 Å². The number of nitrogens with one attached hydrogen (secondary N) is 1. The smallest absolute Gasteiger partial charge is 0.329 e. The molecule has 2 aliphatic rings. The molecular weight excluding hydrogens is 364 g/mol. The molecule has 2 fully saturated rings. The Hall–Kier alpha value is -2.60. The van der Waals surface area contributed by atoms with Gasteiger partial charge in [0.25, 0.3) is 5.91 Å². The molecule has 0 atom stereocenters. The Bertz CT molecular complexity index is 916. The van der Waals surface area contributed by atoms with Crippen LogP contribution in [0.3, 0.4) is 0 Å². The molecule has 6 heteroatoms. The number of carbonyl (C=O) groups excluding carboxylic acids is 1. The van der Waals surface area contributed by atoms with Crippen LogP contribution in [0.2, 0.25) is 0 Å². The summed E-state index contributed by atoms with van der Waals surface area (Å²) in [5, 5.41) is 3.29. The standard InChI is InChI=1S/C23H30N4O2/c1-2-15-26-21(22(28)25-16-13-24-14-17-25)20(18-9-5-3-6-10-18)27(23(26)29)19-11-7-4-8-12-19/h2-3,5-6,9-10,19,24H,1,4,7-8,11-17H2. The second-order valence-corrected chi connectivity index (χ2v) is 7.95. The van der Waals surface area contributed by atoms with E-state index in [0.717, 1.165) is 50.0 Å². The highest BCUT2D eigenvalue weighted by Gasteiger charge is 2.32. The van der Waals surface area contributed by atoms with Gasteiger partial charge in [0.15, 0.2) is 0 Å². The third kappa shape index (κ3) is 3.81. The van der Waals surface area contributed by atoms with E-state index in [4.69, 9.17) is 0 Å². The molecule has 1 aliphatic heterocycles. The maximum atomic E-state index is 13.6. The third-order valence-electron chi connectivity index (χ3n) is 6.08. The highest BCUT2D eigenvalue weighted by Crippen LogP contribution is 2.34. The fourth-order valence-electron chi connectivity index (χ4n) is 4.65. The molecule has 6 nitrogen and oxygen atoms in total. The molecule has 1 saturated heterocycles. The number of imidazole rings is 1. The van der Waals surface area contributed by atoms with Gasteiger partial charge in [-0.3, -0.25) is 13.9 Å². The molecule has 1 saturated carbocycles. The Morgan fingerprint density at radius 1 is 1.10 bits per heavy atom. The predicted octanol–water partition coefficient (Wildman–Crippen LogP) is 3.05. The van der Waals surface area contributed by atoms with Crippen LogP contribution in [-0.4, -0.2) is 46.1 Å². The molecule has 29 heavy (non-hydrogen) atoms. The minimum atomic E-state index is -0.0888. The van der Waals surface area contributed by atoms with Gasteiger partial charge in [0.1, 0.15) is 5.69 Å². The number of carbonyl (C=O) groups is 1. The minimum absolute atomic E-state index is 0.0566. The van der Waals surface area contributed by atoms with Crippen molar-refractivity contribution in [2.24, 2.45) is 0 Å². The highest BCUT2D eigenvalue weighted by molar-refractivity contribution is 5.98. The lowest BCUT2D eigenvalue weighted by atomic mass is 9.94. The zero-order valence-electron chi connectivity index (χ0n) is 17.0. The van der Waals surface area contributed by atoms with Crippen molar-refractivity contribution in [3.63, 3.8) is 0 Å². The molecule has 1 amide bonds. The quantitative estimate of drug-likeness (QED) is 0.793. The second kappa shape index (κ2) is 8.82. The molecule has 0 spiro atoms.